The van der Waals surface area contributed by atoms with E-state index in [4.69, 9.17) is 4.74 Å². The number of halogens is 3. The average Bonchev–Trinajstić information content (AvgIpc) is 3.20. The number of para-hydroxylation sites is 1. The first-order valence-electron chi connectivity index (χ1n) is 9.20. The third kappa shape index (κ3) is 5.41. The number of benzene rings is 2. The molecule has 2 aromatic carbocycles. The Labute approximate surface area is 175 Å². The van der Waals surface area contributed by atoms with Gasteiger partial charge in [-0.3, -0.25) is 4.79 Å². The molecule has 3 aromatic rings. The minimum absolute atomic E-state index is 0.0569. The highest BCUT2D eigenvalue weighted by atomic mass is 19.4. The molecule has 31 heavy (non-hydrogen) atoms. The van der Waals surface area contributed by atoms with Crippen LogP contribution in [-0.2, 0) is 15.7 Å². The summed E-state index contributed by atoms with van der Waals surface area (Å²) < 4.78 is 51.3. The maximum Gasteiger partial charge on any atom is 0.434 e. The van der Waals surface area contributed by atoms with E-state index >= 15 is 0 Å². The third-order valence-corrected chi connectivity index (χ3v) is 4.04. The summed E-state index contributed by atoms with van der Waals surface area (Å²) in [6.45, 7) is 1.20. The molecule has 3 rings (SSSR count). The highest BCUT2D eigenvalue weighted by molar-refractivity contribution is 5.92. The fourth-order valence-corrected chi connectivity index (χ4v) is 2.72. The van der Waals surface area contributed by atoms with Crippen LogP contribution in [0.25, 0.3) is 5.69 Å². The van der Waals surface area contributed by atoms with Gasteiger partial charge in [0.25, 0.3) is 5.91 Å². The topological polar surface area (TPSA) is 82.5 Å². The van der Waals surface area contributed by atoms with E-state index in [0.717, 1.165) is 6.20 Å². The third-order valence-electron chi connectivity index (χ3n) is 4.04. The molecule has 0 unspecified atom stereocenters. The predicted molar refractivity (Wildman–Crippen MR) is 105 cm³/mol. The van der Waals surface area contributed by atoms with Gasteiger partial charge in [-0.05, 0) is 43.3 Å². The second-order valence-corrected chi connectivity index (χ2v) is 6.23. The lowest BCUT2D eigenvalue weighted by atomic mass is 10.2. The molecule has 7 nitrogen and oxygen atoms in total. The Kier molecular flexibility index (Phi) is 6.58. The lowest BCUT2D eigenvalue weighted by Gasteiger charge is -2.13. The molecule has 1 N–H and O–H groups in total. The summed E-state index contributed by atoms with van der Waals surface area (Å²) in [6, 6.07) is 14.3. The van der Waals surface area contributed by atoms with Gasteiger partial charge >= 0.3 is 12.1 Å². The SMILES string of the molecule is CCOC(=O)c1cnn(-c2ccc(NC(=O)COc3ccccc3)cc2)c1C(F)(F)F. The molecule has 1 heterocycles. The number of anilines is 1. The van der Waals surface area contributed by atoms with Gasteiger partial charge in [0.15, 0.2) is 12.3 Å². The Hall–Kier alpha value is -3.82. The van der Waals surface area contributed by atoms with Crippen LogP contribution >= 0.6 is 0 Å². The summed E-state index contributed by atoms with van der Waals surface area (Å²) in [7, 11) is 0. The van der Waals surface area contributed by atoms with Crippen LogP contribution in [0.3, 0.4) is 0 Å². The molecule has 162 valence electrons. The number of ether oxygens (including phenoxy) is 2. The monoisotopic (exact) mass is 433 g/mol. The molecular weight excluding hydrogens is 415 g/mol. The van der Waals surface area contributed by atoms with Gasteiger partial charge in [-0.2, -0.15) is 18.3 Å². The van der Waals surface area contributed by atoms with Crippen LogP contribution in [0, 0.1) is 0 Å². The number of nitrogens with zero attached hydrogens (tertiary/aromatic N) is 2. The van der Waals surface area contributed by atoms with Crippen LogP contribution in [-0.4, -0.2) is 34.9 Å². The van der Waals surface area contributed by atoms with Gasteiger partial charge in [0.1, 0.15) is 11.3 Å². The van der Waals surface area contributed by atoms with Crippen molar-refractivity contribution < 1.29 is 32.2 Å². The Morgan fingerprint density at radius 1 is 1.06 bits per heavy atom. The fraction of sp³-hybridized carbons (Fsp3) is 0.190. The van der Waals surface area contributed by atoms with E-state index in [2.05, 4.69) is 15.2 Å². The van der Waals surface area contributed by atoms with E-state index in [9.17, 15) is 22.8 Å². The molecule has 0 aliphatic rings. The number of hydrogen-bond donors (Lipinski definition) is 1. The molecular formula is C21H18F3N3O4. The maximum atomic E-state index is 13.6. The number of rotatable bonds is 7. The van der Waals surface area contributed by atoms with Crippen LogP contribution in [0.2, 0.25) is 0 Å². The zero-order valence-electron chi connectivity index (χ0n) is 16.3. The van der Waals surface area contributed by atoms with Crippen molar-refractivity contribution in [1.82, 2.24) is 9.78 Å². The molecule has 0 atom stereocenters. The molecule has 0 fully saturated rings. The Morgan fingerprint density at radius 2 is 1.74 bits per heavy atom. The fourth-order valence-electron chi connectivity index (χ4n) is 2.72. The van der Waals surface area contributed by atoms with E-state index in [0.29, 0.717) is 16.1 Å². The Bertz CT molecular complexity index is 1050. The van der Waals surface area contributed by atoms with Crippen molar-refractivity contribution in [2.75, 3.05) is 18.5 Å². The zero-order chi connectivity index (χ0) is 22.4. The number of carbonyl (C=O) groups excluding carboxylic acids is 2. The number of nitrogens with one attached hydrogen (secondary N) is 1. The van der Waals surface area contributed by atoms with Crippen LogP contribution in [0.1, 0.15) is 23.0 Å². The molecule has 0 aliphatic carbocycles. The Morgan fingerprint density at radius 3 is 2.35 bits per heavy atom. The van der Waals surface area contributed by atoms with Crippen LogP contribution in [0.15, 0.2) is 60.8 Å². The van der Waals surface area contributed by atoms with Gasteiger partial charge < -0.3 is 14.8 Å². The van der Waals surface area contributed by atoms with E-state index in [1.807, 2.05) is 6.07 Å². The highest BCUT2D eigenvalue weighted by Gasteiger charge is 2.41. The van der Waals surface area contributed by atoms with Gasteiger partial charge in [0.05, 0.1) is 18.5 Å². The summed E-state index contributed by atoms with van der Waals surface area (Å²) in [5, 5.41) is 6.28. The second-order valence-electron chi connectivity index (χ2n) is 6.23. The number of aromatic nitrogens is 2. The first-order valence-corrected chi connectivity index (χ1v) is 9.20. The molecule has 0 spiro atoms. The van der Waals surface area contributed by atoms with Crippen LogP contribution < -0.4 is 10.1 Å². The molecule has 0 saturated heterocycles. The number of alkyl halides is 3. The standard InChI is InChI=1S/C21H18F3N3O4/c1-2-30-20(29)17-12-25-27(19(17)21(22,23)24)15-10-8-14(9-11-15)26-18(28)13-31-16-6-4-3-5-7-16/h3-12H,2,13H2,1H3,(H,26,28). The van der Waals surface area contributed by atoms with E-state index in [1.165, 1.54) is 31.2 Å². The second kappa shape index (κ2) is 9.33. The van der Waals surface area contributed by atoms with Crippen LogP contribution in [0.4, 0.5) is 18.9 Å². The molecule has 0 bridgehead atoms. The van der Waals surface area contributed by atoms with E-state index < -0.39 is 29.3 Å². The molecule has 1 amide bonds. The van der Waals surface area contributed by atoms with Gasteiger partial charge in [0.2, 0.25) is 0 Å². The van der Waals surface area contributed by atoms with Gasteiger partial charge in [-0.1, -0.05) is 18.2 Å². The van der Waals surface area contributed by atoms with Gasteiger partial charge in [0, 0.05) is 5.69 Å². The number of carbonyl (C=O) groups is 2. The average molecular weight is 433 g/mol. The number of amides is 1. The van der Waals surface area contributed by atoms with Crippen molar-refractivity contribution in [2.45, 2.75) is 13.1 Å². The lowest BCUT2D eigenvalue weighted by molar-refractivity contribution is -0.143. The number of esters is 1. The maximum absolute atomic E-state index is 13.6. The summed E-state index contributed by atoms with van der Waals surface area (Å²) in [4.78, 5) is 23.9. The molecule has 1 aromatic heterocycles. The molecule has 0 saturated carbocycles. The summed E-state index contributed by atoms with van der Waals surface area (Å²) in [5.74, 6) is -1.01. The molecule has 10 heteroatoms. The normalized spacial score (nSPS) is 11.1. The molecule has 0 radical (unpaired) electrons. The quantitative estimate of drug-likeness (QED) is 0.568. The van der Waals surface area contributed by atoms with Crippen molar-refractivity contribution in [3.05, 3.63) is 72.1 Å². The largest absolute Gasteiger partial charge is 0.484 e. The Balaban J connectivity index is 1.74. The summed E-state index contributed by atoms with van der Waals surface area (Å²) in [6.07, 6.45) is -4.02. The van der Waals surface area contributed by atoms with Crippen molar-refractivity contribution in [2.24, 2.45) is 0 Å². The van der Waals surface area contributed by atoms with Gasteiger partial charge in [-0.15, -0.1) is 0 Å². The number of hydrogen-bond acceptors (Lipinski definition) is 5. The summed E-state index contributed by atoms with van der Waals surface area (Å²) in [5.41, 5.74) is -1.50. The molecule has 0 aliphatic heterocycles. The predicted octanol–water partition coefficient (Wildman–Crippen LogP) is 4.09. The van der Waals surface area contributed by atoms with Crippen molar-refractivity contribution in [1.29, 1.82) is 0 Å². The van der Waals surface area contributed by atoms with Crippen molar-refractivity contribution in [3.63, 3.8) is 0 Å². The van der Waals surface area contributed by atoms with Crippen LogP contribution in [0.5, 0.6) is 5.75 Å². The van der Waals surface area contributed by atoms with Crippen molar-refractivity contribution >= 4 is 17.6 Å². The first kappa shape index (κ1) is 21.9. The zero-order valence-corrected chi connectivity index (χ0v) is 16.3. The van der Waals surface area contributed by atoms with E-state index in [-0.39, 0.29) is 18.9 Å². The van der Waals surface area contributed by atoms with E-state index in [1.54, 1.807) is 24.3 Å². The van der Waals surface area contributed by atoms with Crippen molar-refractivity contribution in [3.8, 4) is 11.4 Å². The smallest absolute Gasteiger partial charge is 0.434 e. The minimum Gasteiger partial charge on any atom is -0.484 e. The summed E-state index contributed by atoms with van der Waals surface area (Å²) >= 11 is 0. The minimum atomic E-state index is -4.83. The van der Waals surface area contributed by atoms with Gasteiger partial charge in [-0.25, -0.2) is 9.48 Å². The lowest BCUT2D eigenvalue weighted by Crippen LogP contribution is -2.20. The highest BCUT2D eigenvalue weighted by Crippen LogP contribution is 2.34. The first-order chi connectivity index (χ1) is 14.8.